The minimum absolute atomic E-state index is 0.0660. The summed E-state index contributed by atoms with van der Waals surface area (Å²) in [6, 6.07) is 5.68. The third-order valence-electron chi connectivity index (χ3n) is 3.04. The predicted molar refractivity (Wildman–Crippen MR) is 74.5 cm³/mol. The maximum Gasteiger partial charge on any atom is 0.306 e. The second-order valence-corrected chi connectivity index (χ2v) is 4.82. The number of carboxylic acids is 1. The molecule has 0 amide bonds. The molecule has 2 unspecified atom stereocenters. The van der Waals surface area contributed by atoms with Crippen molar-refractivity contribution < 1.29 is 28.9 Å². The summed E-state index contributed by atoms with van der Waals surface area (Å²) in [6.07, 6.45) is -0.534. The van der Waals surface area contributed by atoms with Gasteiger partial charge < -0.3 is 19.7 Å². The SMILES string of the molecule is COCCOCC(O)CC(Cc1ccc(F)cc1)C(=O)O. The normalized spacial score (nSPS) is 13.9. The Morgan fingerprint density at radius 1 is 1.29 bits per heavy atom. The lowest BCUT2D eigenvalue weighted by atomic mass is 9.94. The Balaban J connectivity index is 2.45. The first-order valence-electron chi connectivity index (χ1n) is 6.75. The standard InChI is InChI=1S/C15H21FO5/c1-20-6-7-21-10-14(17)9-12(15(18)19)8-11-2-4-13(16)5-3-11/h2-5,12,14,17H,6-10H2,1H3,(H,18,19). The second kappa shape index (κ2) is 9.44. The number of hydrogen-bond donors (Lipinski definition) is 2. The highest BCUT2D eigenvalue weighted by molar-refractivity contribution is 5.70. The van der Waals surface area contributed by atoms with E-state index >= 15 is 0 Å². The quantitative estimate of drug-likeness (QED) is 0.640. The Morgan fingerprint density at radius 3 is 2.52 bits per heavy atom. The van der Waals surface area contributed by atoms with E-state index in [4.69, 9.17) is 9.47 Å². The van der Waals surface area contributed by atoms with E-state index in [-0.39, 0.29) is 25.3 Å². The molecule has 0 heterocycles. The number of carbonyl (C=O) groups is 1. The van der Waals surface area contributed by atoms with Crippen LogP contribution in [0.15, 0.2) is 24.3 Å². The first-order valence-corrected chi connectivity index (χ1v) is 6.75. The van der Waals surface area contributed by atoms with Crippen molar-refractivity contribution in [1.82, 2.24) is 0 Å². The van der Waals surface area contributed by atoms with Gasteiger partial charge in [0.2, 0.25) is 0 Å². The lowest BCUT2D eigenvalue weighted by molar-refractivity contribution is -0.143. The molecule has 0 aliphatic carbocycles. The summed E-state index contributed by atoms with van der Waals surface area (Å²) in [5.41, 5.74) is 0.719. The number of carboxylic acid groups (broad SMARTS) is 1. The summed E-state index contributed by atoms with van der Waals surface area (Å²) in [5, 5.41) is 19.0. The second-order valence-electron chi connectivity index (χ2n) is 4.82. The minimum atomic E-state index is -0.990. The lowest BCUT2D eigenvalue weighted by Crippen LogP contribution is -2.26. The maximum absolute atomic E-state index is 12.8. The van der Waals surface area contributed by atoms with Crippen molar-refractivity contribution in [2.24, 2.45) is 5.92 Å². The smallest absolute Gasteiger partial charge is 0.306 e. The van der Waals surface area contributed by atoms with Crippen LogP contribution < -0.4 is 0 Å². The van der Waals surface area contributed by atoms with E-state index in [1.807, 2.05) is 0 Å². The fourth-order valence-electron chi connectivity index (χ4n) is 1.93. The Labute approximate surface area is 123 Å². The fourth-order valence-corrected chi connectivity index (χ4v) is 1.93. The van der Waals surface area contributed by atoms with Crippen molar-refractivity contribution in [3.8, 4) is 0 Å². The van der Waals surface area contributed by atoms with Crippen molar-refractivity contribution in [3.05, 3.63) is 35.6 Å². The number of aliphatic hydroxyl groups excluding tert-OH is 1. The zero-order valence-corrected chi connectivity index (χ0v) is 12.0. The summed E-state index contributed by atoms with van der Waals surface area (Å²) in [5.74, 6) is -2.09. The molecule has 0 aliphatic heterocycles. The topological polar surface area (TPSA) is 76.0 Å². The fraction of sp³-hybridized carbons (Fsp3) is 0.533. The van der Waals surface area contributed by atoms with Crippen molar-refractivity contribution >= 4 is 5.97 Å². The number of aliphatic carboxylic acids is 1. The number of hydrogen-bond acceptors (Lipinski definition) is 4. The molecule has 118 valence electrons. The Morgan fingerprint density at radius 2 is 1.95 bits per heavy atom. The van der Waals surface area contributed by atoms with Crippen molar-refractivity contribution in [1.29, 1.82) is 0 Å². The number of benzene rings is 1. The van der Waals surface area contributed by atoms with E-state index in [1.54, 1.807) is 19.2 Å². The summed E-state index contributed by atoms with van der Waals surface area (Å²) >= 11 is 0. The Hall–Kier alpha value is -1.50. The molecular formula is C15H21FO5. The van der Waals surface area contributed by atoms with Gasteiger partial charge in [-0.1, -0.05) is 12.1 Å². The molecule has 6 heteroatoms. The van der Waals surface area contributed by atoms with Crippen molar-refractivity contribution in [2.75, 3.05) is 26.9 Å². The Bertz CT molecular complexity index is 421. The summed E-state index contributed by atoms with van der Waals surface area (Å²) in [7, 11) is 1.54. The van der Waals surface area contributed by atoms with Gasteiger partial charge in [0.05, 0.1) is 31.8 Å². The average molecular weight is 300 g/mol. The van der Waals surface area contributed by atoms with Gasteiger partial charge in [-0.25, -0.2) is 4.39 Å². The first-order chi connectivity index (χ1) is 10.0. The van der Waals surface area contributed by atoms with Gasteiger partial charge in [-0.15, -0.1) is 0 Å². The molecule has 0 spiro atoms. The highest BCUT2D eigenvalue weighted by Gasteiger charge is 2.22. The number of halogens is 1. The molecule has 2 N–H and O–H groups in total. The molecule has 21 heavy (non-hydrogen) atoms. The van der Waals surface area contributed by atoms with Crippen LogP contribution in [-0.2, 0) is 20.7 Å². The van der Waals surface area contributed by atoms with Gasteiger partial charge in [-0.2, -0.15) is 0 Å². The van der Waals surface area contributed by atoms with E-state index in [0.29, 0.717) is 13.2 Å². The number of aliphatic hydroxyl groups is 1. The van der Waals surface area contributed by atoms with Gasteiger partial charge in [0.25, 0.3) is 0 Å². The molecule has 0 radical (unpaired) electrons. The summed E-state index contributed by atoms with van der Waals surface area (Å²) in [6.45, 7) is 0.838. The molecule has 2 atom stereocenters. The lowest BCUT2D eigenvalue weighted by Gasteiger charge is -2.17. The monoisotopic (exact) mass is 300 g/mol. The predicted octanol–water partition coefficient (Wildman–Crippen LogP) is 1.48. The van der Waals surface area contributed by atoms with Crippen LogP contribution >= 0.6 is 0 Å². The number of rotatable bonds is 10. The zero-order valence-electron chi connectivity index (χ0n) is 12.0. The third-order valence-corrected chi connectivity index (χ3v) is 3.04. The Kier molecular flexibility index (Phi) is 7.89. The molecule has 1 rings (SSSR count). The molecule has 0 aliphatic rings. The van der Waals surface area contributed by atoms with Crippen molar-refractivity contribution in [2.45, 2.75) is 18.9 Å². The van der Waals surface area contributed by atoms with Crippen LogP contribution in [-0.4, -0.2) is 49.2 Å². The molecular weight excluding hydrogens is 279 g/mol. The van der Waals surface area contributed by atoms with Gasteiger partial charge in [0.15, 0.2) is 0 Å². The van der Waals surface area contributed by atoms with Crippen molar-refractivity contribution in [3.63, 3.8) is 0 Å². The first kappa shape index (κ1) is 17.6. The van der Waals surface area contributed by atoms with Gasteiger partial charge in [-0.05, 0) is 30.5 Å². The summed E-state index contributed by atoms with van der Waals surface area (Å²) in [4.78, 5) is 11.2. The van der Waals surface area contributed by atoms with Crippen LogP contribution in [0.3, 0.4) is 0 Å². The van der Waals surface area contributed by atoms with Gasteiger partial charge in [0, 0.05) is 7.11 Å². The average Bonchev–Trinajstić information content (AvgIpc) is 2.45. The molecule has 0 bridgehead atoms. The molecule has 0 saturated carbocycles. The molecule has 0 fully saturated rings. The highest BCUT2D eigenvalue weighted by atomic mass is 19.1. The molecule has 5 nitrogen and oxygen atoms in total. The zero-order chi connectivity index (χ0) is 15.7. The van der Waals surface area contributed by atoms with E-state index in [2.05, 4.69) is 0 Å². The van der Waals surface area contributed by atoms with E-state index in [9.17, 15) is 19.4 Å². The molecule has 1 aromatic carbocycles. The third kappa shape index (κ3) is 7.17. The van der Waals surface area contributed by atoms with E-state index < -0.39 is 18.0 Å². The van der Waals surface area contributed by atoms with Gasteiger partial charge in [0.1, 0.15) is 5.82 Å². The minimum Gasteiger partial charge on any atom is -0.481 e. The maximum atomic E-state index is 12.8. The molecule has 0 saturated heterocycles. The highest BCUT2D eigenvalue weighted by Crippen LogP contribution is 2.16. The molecule has 1 aromatic rings. The number of methoxy groups -OCH3 is 1. The van der Waals surface area contributed by atoms with Gasteiger partial charge >= 0.3 is 5.97 Å². The van der Waals surface area contributed by atoms with E-state index in [1.165, 1.54) is 12.1 Å². The summed E-state index contributed by atoms with van der Waals surface area (Å²) < 4.78 is 22.8. The van der Waals surface area contributed by atoms with Crippen LogP contribution in [0.4, 0.5) is 4.39 Å². The van der Waals surface area contributed by atoms with Crippen LogP contribution in [0, 0.1) is 11.7 Å². The van der Waals surface area contributed by atoms with Crippen LogP contribution in [0.1, 0.15) is 12.0 Å². The van der Waals surface area contributed by atoms with Crippen LogP contribution in [0.5, 0.6) is 0 Å². The van der Waals surface area contributed by atoms with E-state index in [0.717, 1.165) is 5.56 Å². The van der Waals surface area contributed by atoms with Crippen LogP contribution in [0.25, 0.3) is 0 Å². The van der Waals surface area contributed by atoms with Crippen LogP contribution in [0.2, 0.25) is 0 Å². The largest absolute Gasteiger partial charge is 0.481 e. The molecule has 0 aromatic heterocycles. The number of ether oxygens (including phenoxy) is 2. The van der Waals surface area contributed by atoms with Gasteiger partial charge in [-0.3, -0.25) is 4.79 Å².